The largest absolute Gasteiger partial charge is 0.489 e. The molecule has 146 valence electrons. The normalized spacial score (nSPS) is 10.4. The topological polar surface area (TPSA) is 63.7 Å². The number of halogens is 1. The van der Waals surface area contributed by atoms with Crippen molar-refractivity contribution in [1.82, 2.24) is 9.88 Å². The van der Waals surface area contributed by atoms with Crippen molar-refractivity contribution < 1.29 is 18.7 Å². The average molecular weight is 401 g/mol. The third-order valence-electron chi connectivity index (χ3n) is 3.82. The van der Waals surface area contributed by atoms with Crippen LogP contribution in [0.25, 0.3) is 0 Å². The van der Waals surface area contributed by atoms with Gasteiger partial charge in [-0.1, -0.05) is 18.2 Å². The molecule has 0 atom stereocenters. The molecule has 0 spiro atoms. The number of thiazole rings is 1. The first-order valence-corrected chi connectivity index (χ1v) is 9.55. The molecule has 0 radical (unpaired) electrons. The zero-order chi connectivity index (χ0) is 19.8. The molecule has 6 nitrogen and oxygen atoms in total. The molecule has 8 heteroatoms. The lowest BCUT2D eigenvalue weighted by Crippen LogP contribution is -2.34. The number of nitrogens with one attached hydrogen (secondary N) is 1. The number of carbonyl (C=O) groups is 1. The third kappa shape index (κ3) is 5.68. The number of nitrogens with zero attached hydrogens (tertiary/aromatic N) is 2. The van der Waals surface area contributed by atoms with Gasteiger partial charge in [0, 0.05) is 24.2 Å². The van der Waals surface area contributed by atoms with E-state index < -0.39 is 5.82 Å². The van der Waals surface area contributed by atoms with Gasteiger partial charge in [-0.25, -0.2) is 14.2 Å². The molecular weight excluding hydrogens is 381 g/mol. The van der Waals surface area contributed by atoms with Crippen LogP contribution in [0.1, 0.15) is 5.69 Å². The Balaban J connectivity index is 1.46. The molecule has 0 aliphatic heterocycles. The van der Waals surface area contributed by atoms with E-state index in [-0.39, 0.29) is 18.4 Å². The van der Waals surface area contributed by atoms with Gasteiger partial charge < -0.3 is 19.7 Å². The first-order chi connectivity index (χ1) is 13.6. The minimum Gasteiger partial charge on any atom is -0.489 e. The second kappa shape index (κ2) is 9.70. The van der Waals surface area contributed by atoms with Gasteiger partial charge in [-0.2, -0.15) is 0 Å². The zero-order valence-corrected chi connectivity index (χ0v) is 16.1. The Morgan fingerprint density at radius 1 is 1.21 bits per heavy atom. The van der Waals surface area contributed by atoms with E-state index in [9.17, 15) is 9.18 Å². The Bertz CT molecular complexity index is 905. The number of aromatic nitrogens is 1. The van der Waals surface area contributed by atoms with Gasteiger partial charge in [0.25, 0.3) is 0 Å². The fourth-order valence-corrected chi connectivity index (χ4v) is 2.85. The molecule has 1 aromatic heterocycles. The molecular formula is C20H20FN3O3S. The van der Waals surface area contributed by atoms with Gasteiger partial charge in [0.2, 0.25) is 0 Å². The highest BCUT2D eigenvalue weighted by Crippen LogP contribution is 2.19. The maximum atomic E-state index is 13.5. The molecule has 0 saturated heterocycles. The Labute approximate surface area is 166 Å². The molecule has 0 bridgehead atoms. The van der Waals surface area contributed by atoms with Crippen LogP contribution in [0.5, 0.6) is 11.5 Å². The van der Waals surface area contributed by atoms with Gasteiger partial charge in [-0.05, 0) is 24.3 Å². The van der Waals surface area contributed by atoms with Crippen molar-refractivity contribution in [1.29, 1.82) is 0 Å². The van der Waals surface area contributed by atoms with Crippen LogP contribution in [0.4, 0.5) is 14.9 Å². The number of para-hydroxylation sites is 1. The zero-order valence-electron chi connectivity index (χ0n) is 15.3. The standard InChI is InChI=1S/C20H20FN3O3S/c1-24(9-10-26-19-8-3-2-7-18(19)21)20(25)23-15-5-4-6-17(11-15)27-12-16-13-28-14-22-16/h2-8,11,13-14H,9-10,12H2,1H3,(H,23,25). The highest BCUT2D eigenvalue weighted by atomic mass is 32.1. The van der Waals surface area contributed by atoms with Gasteiger partial charge in [-0.15, -0.1) is 11.3 Å². The minimum atomic E-state index is -0.427. The molecule has 1 N–H and O–H groups in total. The summed E-state index contributed by atoms with van der Waals surface area (Å²) in [6.07, 6.45) is 0. The van der Waals surface area contributed by atoms with Crippen molar-refractivity contribution in [2.75, 3.05) is 25.5 Å². The summed E-state index contributed by atoms with van der Waals surface area (Å²) in [6, 6.07) is 13.0. The number of urea groups is 1. The molecule has 2 amide bonds. The predicted molar refractivity (Wildman–Crippen MR) is 106 cm³/mol. The Kier molecular flexibility index (Phi) is 6.80. The van der Waals surface area contributed by atoms with Crippen molar-refractivity contribution in [3.8, 4) is 11.5 Å². The van der Waals surface area contributed by atoms with Crippen LogP contribution in [-0.4, -0.2) is 36.1 Å². The van der Waals surface area contributed by atoms with Crippen LogP contribution in [0, 0.1) is 5.82 Å². The number of likely N-dealkylation sites (N-methyl/N-ethyl adjacent to an activating group) is 1. The number of amides is 2. The molecule has 1 heterocycles. The predicted octanol–water partition coefficient (Wildman–Crippen LogP) is 4.40. The van der Waals surface area contributed by atoms with E-state index in [4.69, 9.17) is 9.47 Å². The summed E-state index contributed by atoms with van der Waals surface area (Å²) in [7, 11) is 1.64. The maximum absolute atomic E-state index is 13.5. The molecule has 3 aromatic rings. The summed E-state index contributed by atoms with van der Waals surface area (Å²) in [5.74, 6) is 0.377. The molecule has 0 aliphatic carbocycles. The van der Waals surface area contributed by atoms with Crippen LogP contribution in [0.2, 0.25) is 0 Å². The minimum absolute atomic E-state index is 0.168. The molecule has 0 fully saturated rings. The number of rotatable bonds is 8. The highest BCUT2D eigenvalue weighted by molar-refractivity contribution is 7.07. The third-order valence-corrected chi connectivity index (χ3v) is 4.46. The number of carbonyl (C=O) groups excluding carboxylic acids is 1. The second-order valence-corrected chi connectivity index (χ2v) is 6.65. The van der Waals surface area contributed by atoms with E-state index in [1.165, 1.54) is 22.3 Å². The van der Waals surface area contributed by atoms with E-state index in [2.05, 4.69) is 10.3 Å². The van der Waals surface area contributed by atoms with Gasteiger partial charge in [0.1, 0.15) is 19.0 Å². The molecule has 3 rings (SSSR count). The first-order valence-electron chi connectivity index (χ1n) is 8.61. The summed E-state index contributed by atoms with van der Waals surface area (Å²) in [4.78, 5) is 17.9. The number of hydrogen-bond donors (Lipinski definition) is 1. The highest BCUT2D eigenvalue weighted by Gasteiger charge is 2.10. The second-order valence-electron chi connectivity index (χ2n) is 5.93. The average Bonchev–Trinajstić information content (AvgIpc) is 3.22. The van der Waals surface area contributed by atoms with Gasteiger partial charge >= 0.3 is 6.03 Å². The summed E-state index contributed by atoms with van der Waals surface area (Å²) >= 11 is 1.51. The van der Waals surface area contributed by atoms with Gasteiger partial charge in [-0.3, -0.25) is 0 Å². The Morgan fingerprint density at radius 3 is 2.86 bits per heavy atom. The molecule has 28 heavy (non-hydrogen) atoms. The van der Waals surface area contributed by atoms with Crippen LogP contribution in [0.3, 0.4) is 0 Å². The van der Waals surface area contributed by atoms with Crippen molar-refractivity contribution in [3.05, 3.63) is 70.9 Å². The van der Waals surface area contributed by atoms with E-state index in [1.54, 1.807) is 49.0 Å². The number of benzene rings is 2. The van der Waals surface area contributed by atoms with E-state index >= 15 is 0 Å². The van der Waals surface area contributed by atoms with Crippen molar-refractivity contribution in [3.63, 3.8) is 0 Å². The van der Waals surface area contributed by atoms with Gasteiger partial charge in [0.15, 0.2) is 11.6 Å². The number of hydrogen-bond acceptors (Lipinski definition) is 5. The number of anilines is 1. The molecule has 0 unspecified atom stereocenters. The summed E-state index contributed by atoms with van der Waals surface area (Å²) in [6.45, 7) is 0.857. The van der Waals surface area contributed by atoms with E-state index in [0.29, 0.717) is 24.6 Å². The number of ether oxygens (including phenoxy) is 2. The SMILES string of the molecule is CN(CCOc1ccccc1F)C(=O)Nc1cccc(OCc2cscn2)c1. The lowest BCUT2D eigenvalue weighted by Gasteiger charge is -2.18. The summed E-state index contributed by atoms with van der Waals surface area (Å²) < 4.78 is 24.6. The van der Waals surface area contributed by atoms with Crippen molar-refractivity contribution in [2.45, 2.75) is 6.61 Å². The first kappa shape index (κ1) is 19.6. The fraction of sp³-hybridized carbons (Fsp3) is 0.200. The van der Waals surface area contributed by atoms with Crippen LogP contribution in [0.15, 0.2) is 59.4 Å². The monoisotopic (exact) mass is 401 g/mol. The van der Waals surface area contributed by atoms with Crippen LogP contribution >= 0.6 is 11.3 Å². The van der Waals surface area contributed by atoms with Crippen LogP contribution in [-0.2, 0) is 6.61 Å². The Morgan fingerprint density at radius 2 is 2.07 bits per heavy atom. The van der Waals surface area contributed by atoms with Crippen LogP contribution < -0.4 is 14.8 Å². The maximum Gasteiger partial charge on any atom is 0.321 e. The Hall–Kier alpha value is -3.13. The lowest BCUT2D eigenvalue weighted by atomic mass is 10.3. The smallest absolute Gasteiger partial charge is 0.321 e. The van der Waals surface area contributed by atoms with E-state index in [0.717, 1.165) is 5.69 Å². The van der Waals surface area contributed by atoms with E-state index in [1.807, 2.05) is 11.4 Å². The van der Waals surface area contributed by atoms with Crippen molar-refractivity contribution in [2.24, 2.45) is 0 Å². The molecule has 0 aliphatic rings. The summed E-state index contributed by atoms with van der Waals surface area (Å²) in [5.41, 5.74) is 3.22. The van der Waals surface area contributed by atoms with Gasteiger partial charge in [0.05, 0.1) is 17.7 Å². The molecule has 0 saturated carbocycles. The lowest BCUT2D eigenvalue weighted by molar-refractivity contribution is 0.206. The molecule has 2 aromatic carbocycles. The quantitative estimate of drug-likeness (QED) is 0.608. The fourth-order valence-electron chi connectivity index (χ4n) is 2.30. The summed E-state index contributed by atoms with van der Waals surface area (Å²) in [5, 5.41) is 4.72. The van der Waals surface area contributed by atoms with Crippen molar-refractivity contribution >= 4 is 23.1 Å².